The number of methoxy groups -OCH3 is 3. The lowest BCUT2D eigenvalue weighted by Crippen LogP contribution is -2.16. The van der Waals surface area contributed by atoms with Crippen molar-refractivity contribution < 1.29 is 14.2 Å². The molecule has 0 saturated carbocycles. The van der Waals surface area contributed by atoms with Crippen LogP contribution < -0.4 is 25.5 Å². The van der Waals surface area contributed by atoms with Crippen LogP contribution in [0, 0.1) is 22.7 Å². The summed E-state index contributed by atoms with van der Waals surface area (Å²) < 4.78 is 16.3. The first-order chi connectivity index (χ1) is 11.9. The van der Waals surface area contributed by atoms with Crippen molar-refractivity contribution in [3.63, 3.8) is 0 Å². The van der Waals surface area contributed by atoms with E-state index < -0.39 is 5.56 Å². The van der Waals surface area contributed by atoms with Crippen LogP contribution in [0.4, 0.5) is 5.82 Å². The van der Waals surface area contributed by atoms with Gasteiger partial charge in [0.2, 0.25) is 5.75 Å². The van der Waals surface area contributed by atoms with Gasteiger partial charge in [-0.3, -0.25) is 4.79 Å². The van der Waals surface area contributed by atoms with E-state index in [-0.39, 0.29) is 28.3 Å². The Hall–Kier alpha value is -3.17. The molecule has 8 nitrogen and oxygen atoms in total. The minimum atomic E-state index is -0.699. The smallest absolute Gasteiger partial charge is 0.268 e. The summed E-state index contributed by atoms with van der Waals surface area (Å²) >= 11 is 3.38. The van der Waals surface area contributed by atoms with Crippen molar-refractivity contribution in [1.82, 2.24) is 4.98 Å². The Kier molecular flexibility index (Phi) is 5.20. The largest absolute Gasteiger partial charge is 0.493 e. The average molecular weight is 405 g/mol. The maximum atomic E-state index is 12.1. The molecule has 0 spiro atoms. The van der Waals surface area contributed by atoms with Gasteiger partial charge in [-0.25, -0.2) is 0 Å². The molecule has 2 aromatic rings. The van der Waals surface area contributed by atoms with Gasteiger partial charge in [0.1, 0.15) is 29.1 Å². The third-order valence-corrected chi connectivity index (χ3v) is 4.29. The standard InChI is InChI=1S/C16H13BrN4O4/c1-23-10-4-7(12(17)14(25-3)13(10)24-2)11-8(5-18)15(20)21-16(22)9(11)6-19/h4H,1-3H3,(H3,20,21,22). The van der Waals surface area contributed by atoms with E-state index >= 15 is 0 Å². The first-order valence-electron chi connectivity index (χ1n) is 6.79. The van der Waals surface area contributed by atoms with Gasteiger partial charge in [0.25, 0.3) is 5.56 Å². The van der Waals surface area contributed by atoms with Gasteiger partial charge in [-0.2, -0.15) is 10.5 Å². The number of hydrogen-bond acceptors (Lipinski definition) is 7. The summed E-state index contributed by atoms with van der Waals surface area (Å²) in [7, 11) is 4.30. The molecule has 0 radical (unpaired) electrons. The number of halogens is 1. The van der Waals surface area contributed by atoms with E-state index in [4.69, 9.17) is 19.9 Å². The maximum absolute atomic E-state index is 12.1. The minimum Gasteiger partial charge on any atom is -0.493 e. The van der Waals surface area contributed by atoms with Crippen LogP contribution in [0.15, 0.2) is 15.3 Å². The molecule has 2 rings (SSSR count). The summed E-state index contributed by atoms with van der Waals surface area (Å²) in [6.45, 7) is 0. The third-order valence-electron chi connectivity index (χ3n) is 3.51. The van der Waals surface area contributed by atoms with Crippen molar-refractivity contribution in [2.45, 2.75) is 0 Å². The van der Waals surface area contributed by atoms with Crippen LogP contribution >= 0.6 is 15.9 Å². The molecule has 0 unspecified atom stereocenters. The normalized spacial score (nSPS) is 9.84. The van der Waals surface area contributed by atoms with Crippen LogP contribution in [-0.4, -0.2) is 26.3 Å². The highest BCUT2D eigenvalue weighted by Gasteiger charge is 2.25. The van der Waals surface area contributed by atoms with Crippen molar-refractivity contribution in [2.24, 2.45) is 0 Å². The number of rotatable bonds is 4. The van der Waals surface area contributed by atoms with Gasteiger partial charge in [-0.15, -0.1) is 0 Å². The molecule has 3 N–H and O–H groups in total. The summed E-state index contributed by atoms with van der Waals surface area (Å²) in [6, 6.07) is 5.26. The molecule has 0 saturated heterocycles. The molecule has 1 heterocycles. The first kappa shape index (κ1) is 18.2. The first-order valence-corrected chi connectivity index (χ1v) is 7.59. The molecular weight excluding hydrogens is 392 g/mol. The molecule has 0 amide bonds. The van der Waals surface area contributed by atoms with Crippen LogP contribution in [0.2, 0.25) is 0 Å². The van der Waals surface area contributed by atoms with E-state index in [0.717, 1.165) is 0 Å². The molecule has 0 aliphatic heterocycles. The van der Waals surface area contributed by atoms with Crippen LogP contribution in [0.5, 0.6) is 17.2 Å². The SMILES string of the molecule is COc1cc(-c2c(C#N)c(N)[nH]c(=O)c2C#N)c(Br)c(OC)c1OC. The predicted molar refractivity (Wildman–Crippen MR) is 93.7 cm³/mol. The molecule has 9 heteroatoms. The van der Waals surface area contributed by atoms with E-state index in [2.05, 4.69) is 20.9 Å². The van der Waals surface area contributed by atoms with Crippen molar-refractivity contribution in [1.29, 1.82) is 10.5 Å². The van der Waals surface area contributed by atoms with Gasteiger partial charge in [0.15, 0.2) is 11.5 Å². The van der Waals surface area contributed by atoms with E-state index in [1.165, 1.54) is 27.4 Å². The summed E-state index contributed by atoms with van der Waals surface area (Å²) in [5.41, 5.74) is 5.18. The number of H-pyrrole nitrogens is 1. The monoisotopic (exact) mass is 404 g/mol. The molecule has 1 aromatic carbocycles. The zero-order valence-corrected chi connectivity index (χ0v) is 15.1. The van der Waals surface area contributed by atoms with E-state index in [9.17, 15) is 15.3 Å². The Morgan fingerprint density at radius 1 is 1.08 bits per heavy atom. The second-order valence-corrected chi connectivity index (χ2v) is 5.52. The predicted octanol–water partition coefficient (Wildman–Crippen LogP) is 2.16. The zero-order chi connectivity index (χ0) is 18.7. The Morgan fingerprint density at radius 3 is 2.16 bits per heavy atom. The summed E-state index contributed by atoms with van der Waals surface area (Å²) in [6.07, 6.45) is 0. The number of anilines is 1. The summed E-state index contributed by atoms with van der Waals surface area (Å²) in [5.74, 6) is 0.755. The lowest BCUT2D eigenvalue weighted by atomic mass is 9.96. The van der Waals surface area contributed by atoms with Gasteiger partial charge in [0.05, 0.1) is 25.8 Å². The Bertz CT molecular complexity index is 986. The van der Waals surface area contributed by atoms with Crippen LogP contribution in [0.1, 0.15) is 11.1 Å². The van der Waals surface area contributed by atoms with Crippen molar-refractivity contribution >= 4 is 21.7 Å². The topological polar surface area (TPSA) is 134 Å². The molecule has 0 fully saturated rings. The number of nitrogens with zero attached hydrogens (tertiary/aromatic N) is 2. The van der Waals surface area contributed by atoms with Crippen molar-refractivity contribution in [2.75, 3.05) is 27.1 Å². The average Bonchev–Trinajstić information content (AvgIpc) is 2.60. The minimum absolute atomic E-state index is 0.0360. The number of aromatic amines is 1. The highest BCUT2D eigenvalue weighted by atomic mass is 79.9. The lowest BCUT2D eigenvalue weighted by molar-refractivity contribution is 0.323. The third kappa shape index (κ3) is 2.86. The molecule has 0 aliphatic carbocycles. The number of aromatic nitrogens is 1. The summed E-state index contributed by atoms with van der Waals surface area (Å²) in [5, 5.41) is 18.8. The zero-order valence-electron chi connectivity index (χ0n) is 13.6. The second kappa shape index (κ2) is 7.16. The fourth-order valence-electron chi connectivity index (χ4n) is 2.42. The fourth-order valence-corrected chi connectivity index (χ4v) is 3.07. The van der Waals surface area contributed by atoms with Crippen LogP contribution in [-0.2, 0) is 0 Å². The van der Waals surface area contributed by atoms with Crippen LogP contribution in [0.25, 0.3) is 11.1 Å². The molecular formula is C16H13BrN4O4. The molecule has 128 valence electrons. The van der Waals surface area contributed by atoms with Crippen LogP contribution in [0.3, 0.4) is 0 Å². The highest BCUT2D eigenvalue weighted by Crippen LogP contribution is 2.49. The van der Waals surface area contributed by atoms with Crippen molar-refractivity contribution in [3.05, 3.63) is 32.0 Å². The number of nitrogen functional groups attached to an aromatic ring is 1. The molecule has 25 heavy (non-hydrogen) atoms. The Morgan fingerprint density at radius 2 is 1.68 bits per heavy atom. The number of hydrogen-bond donors (Lipinski definition) is 2. The fraction of sp³-hybridized carbons (Fsp3) is 0.188. The number of pyridine rings is 1. The maximum Gasteiger partial charge on any atom is 0.268 e. The molecule has 1 aromatic heterocycles. The summed E-state index contributed by atoms with van der Waals surface area (Å²) in [4.78, 5) is 14.4. The highest BCUT2D eigenvalue weighted by molar-refractivity contribution is 9.10. The van der Waals surface area contributed by atoms with E-state index in [1.54, 1.807) is 0 Å². The van der Waals surface area contributed by atoms with Gasteiger partial charge in [-0.1, -0.05) is 0 Å². The molecule has 0 bridgehead atoms. The quantitative estimate of drug-likeness (QED) is 0.796. The van der Waals surface area contributed by atoms with Crippen molar-refractivity contribution in [3.8, 4) is 40.5 Å². The molecule has 0 atom stereocenters. The Labute approximate surface area is 151 Å². The van der Waals surface area contributed by atoms with Gasteiger partial charge < -0.3 is 24.9 Å². The lowest BCUT2D eigenvalue weighted by Gasteiger charge is -2.18. The molecule has 0 aliphatic rings. The van der Waals surface area contributed by atoms with E-state index in [0.29, 0.717) is 21.5 Å². The number of nitrogens with two attached hydrogens (primary N) is 1. The number of nitrogens with one attached hydrogen (secondary N) is 1. The number of nitriles is 2. The van der Waals surface area contributed by atoms with Gasteiger partial charge >= 0.3 is 0 Å². The van der Waals surface area contributed by atoms with E-state index in [1.807, 2.05) is 12.1 Å². The Balaban J connectivity index is 3.06. The van der Waals surface area contributed by atoms with Gasteiger partial charge in [-0.05, 0) is 22.0 Å². The van der Waals surface area contributed by atoms with Gasteiger partial charge in [0, 0.05) is 11.1 Å². The second-order valence-electron chi connectivity index (χ2n) is 4.72. The number of ether oxygens (including phenoxy) is 3. The number of benzene rings is 1.